The topological polar surface area (TPSA) is 22.9 Å². The summed E-state index contributed by atoms with van der Waals surface area (Å²) in [6.07, 6.45) is 0. The van der Waals surface area contributed by atoms with Crippen LogP contribution in [0.2, 0.25) is 0 Å². The number of hydrogen-bond acceptors (Lipinski definition) is 4. The molecule has 0 spiro atoms. The predicted molar refractivity (Wildman–Crippen MR) is 270 cm³/mol. The lowest BCUT2D eigenvalue weighted by Gasteiger charge is -2.30. The molecule has 0 atom stereocenters. The van der Waals surface area contributed by atoms with Gasteiger partial charge in [0.1, 0.15) is 11.2 Å². The molecular weight excluding hydrogens is 779 g/mol. The Bertz CT molecular complexity index is 3590. The lowest BCUT2D eigenvalue weighted by Crippen LogP contribution is -2.13. The Morgan fingerprint density at radius 3 is 1.28 bits per heavy atom. The Labute approximate surface area is 371 Å². The van der Waals surface area contributed by atoms with Crippen LogP contribution in [0.5, 0.6) is 0 Å². The number of rotatable bonds is 9. The lowest BCUT2D eigenvalue weighted by molar-refractivity contribution is 0.669. The van der Waals surface area contributed by atoms with Crippen molar-refractivity contribution in [3.05, 3.63) is 249 Å². The monoisotopic (exact) mass is 819 g/mol. The number of hydrogen-bond donors (Lipinski definition) is 0. The molecule has 0 aliphatic heterocycles. The summed E-state index contributed by atoms with van der Waals surface area (Å²) in [5, 5.41) is 9.33. The molecule has 0 bridgehead atoms. The van der Waals surface area contributed by atoms with Gasteiger partial charge in [-0.3, -0.25) is 0 Å². The van der Waals surface area contributed by atoms with Crippen LogP contribution in [0, 0.1) is 0 Å². The van der Waals surface area contributed by atoms with E-state index in [0.717, 1.165) is 73.1 Å². The van der Waals surface area contributed by atoms with E-state index in [-0.39, 0.29) is 0 Å². The molecule has 1 heterocycles. The molecule has 11 aromatic carbocycles. The minimum Gasteiger partial charge on any atom is -0.456 e. The minimum atomic E-state index is 0.878. The van der Waals surface area contributed by atoms with Gasteiger partial charge in [-0.05, 0) is 136 Å². The highest BCUT2D eigenvalue weighted by Gasteiger charge is 2.22. The molecule has 12 aromatic rings. The molecule has 0 radical (unpaired) electrons. The Hall–Kier alpha value is -8.60. The molecule has 0 saturated carbocycles. The Kier molecular flexibility index (Phi) is 9.12. The third-order valence-electron chi connectivity index (χ3n) is 12.3. The van der Waals surface area contributed by atoms with Crippen LogP contribution in [0.3, 0.4) is 0 Å². The predicted octanol–water partition coefficient (Wildman–Crippen LogP) is 17.5. The van der Waals surface area contributed by atoms with Crippen LogP contribution in [-0.2, 0) is 0 Å². The van der Waals surface area contributed by atoms with E-state index in [0.29, 0.717) is 0 Å². The number of furan rings is 1. The van der Waals surface area contributed by atoms with Crippen molar-refractivity contribution in [2.45, 2.75) is 0 Å². The van der Waals surface area contributed by atoms with Gasteiger partial charge in [-0.15, -0.1) is 0 Å². The molecule has 0 saturated heterocycles. The maximum Gasteiger partial charge on any atom is 0.135 e. The molecule has 12 rings (SSSR count). The summed E-state index contributed by atoms with van der Waals surface area (Å²) in [7, 11) is 0. The molecule has 302 valence electrons. The second kappa shape index (κ2) is 15.7. The summed E-state index contributed by atoms with van der Waals surface area (Å²) in [5.74, 6) is 0. The maximum atomic E-state index is 6.27. The van der Waals surface area contributed by atoms with E-state index in [2.05, 4.69) is 251 Å². The van der Waals surface area contributed by atoms with E-state index < -0.39 is 0 Å². The van der Waals surface area contributed by atoms with Gasteiger partial charge in [-0.2, -0.15) is 0 Å². The van der Waals surface area contributed by atoms with Gasteiger partial charge in [0.15, 0.2) is 0 Å². The zero-order valence-electron chi connectivity index (χ0n) is 34.9. The molecule has 1 aromatic heterocycles. The highest BCUT2D eigenvalue weighted by Crippen LogP contribution is 2.47. The first-order valence-electron chi connectivity index (χ1n) is 21.8. The second-order valence-electron chi connectivity index (χ2n) is 16.2. The van der Waals surface area contributed by atoms with E-state index >= 15 is 0 Å². The van der Waals surface area contributed by atoms with Crippen molar-refractivity contribution in [1.82, 2.24) is 0 Å². The summed E-state index contributed by atoms with van der Waals surface area (Å²) in [4.78, 5) is 7.10. The van der Waals surface area contributed by atoms with Crippen LogP contribution < -0.4 is 14.7 Å². The number of anilines is 9. The SMILES string of the molecule is c1ccc(N(c2ccccc2)c2cccc(N(c3ccccc3)c3cc4c5cc(N(c6ccccc6)c6ccc7oc8ccccc8c7c6)ccc5ccc4c4ccccc34)c2)cc1. The fourth-order valence-electron chi connectivity index (χ4n) is 9.46. The highest BCUT2D eigenvalue weighted by atomic mass is 16.3. The van der Waals surface area contributed by atoms with Crippen molar-refractivity contribution < 1.29 is 4.42 Å². The van der Waals surface area contributed by atoms with Crippen LogP contribution in [0.25, 0.3) is 54.3 Å². The maximum absolute atomic E-state index is 6.27. The van der Waals surface area contributed by atoms with Crippen LogP contribution >= 0.6 is 0 Å². The quantitative estimate of drug-likeness (QED) is 0.135. The molecule has 4 heteroatoms. The van der Waals surface area contributed by atoms with Crippen molar-refractivity contribution in [2.75, 3.05) is 14.7 Å². The normalized spacial score (nSPS) is 11.4. The third-order valence-corrected chi connectivity index (χ3v) is 12.3. The zero-order chi connectivity index (χ0) is 42.4. The number of fused-ring (bicyclic) bond motifs is 8. The van der Waals surface area contributed by atoms with Gasteiger partial charge < -0.3 is 19.1 Å². The van der Waals surface area contributed by atoms with Crippen molar-refractivity contribution in [1.29, 1.82) is 0 Å². The van der Waals surface area contributed by atoms with Gasteiger partial charge >= 0.3 is 0 Å². The van der Waals surface area contributed by atoms with E-state index in [1.54, 1.807) is 0 Å². The Balaban J connectivity index is 1.08. The van der Waals surface area contributed by atoms with Gasteiger partial charge in [0.25, 0.3) is 0 Å². The molecule has 4 nitrogen and oxygen atoms in total. The largest absolute Gasteiger partial charge is 0.456 e. The standard InChI is InChI=1S/C60H41N3O/c1-5-18-43(19-6-1)61(44-20-7-2-8-21-44)47-26-17-27-48(38-47)63(46-24-11-4-12-25-46)58-41-56-52(51-28-13-14-29-53(51)58)36-33-42-32-34-49(39-55(42)56)62(45-22-9-3-10-23-45)50-35-37-60-57(40-50)54-30-15-16-31-59(54)64-60/h1-41H. The third kappa shape index (κ3) is 6.48. The fourth-order valence-corrected chi connectivity index (χ4v) is 9.46. The Morgan fingerprint density at radius 2 is 0.641 bits per heavy atom. The first kappa shape index (κ1) is 37.2. The van der Waals surface area contributed by atoms with Crippen molar-refractivity contribution >= 4 is 105 Å². The molecule has 64 heavy (non-hydrogen) atoms. The molecular formula is C60H41N3O. The van der Waals surface area contributed by atoms with Gasteiger partial charge in [0.05, 0.1) is 5.69 Å². The number of para-hydroxylation sites is 5. The number of nitrogens with zero attached hydrogens (tertiary/aromatic N) is 3. The fraction of sp³-hybridized carbons (Fsp3) is 0. The van der Waals surface area contributed by atoms with E-state index in [4.69, 9.17) is 4.42 Å². The highest BCUT2D eigenvalue weighted by molar-refractivity contribution is 6.22. The van der Waals surface area contributed by atoms with Crippen LogP contribution in [0.15, 0.2) is 253 Å². The van der Waals surface area contributed by atoms with Crippen molar-refractivity contribution in [3.63, 3.8) is 0 Å². The van der Waals surface area contributed by atoms with Gasteiger partial charge in [-0.25, -0.2) is 0 Å². The smallest absolute Gasteiger partial charge is 0.135 e. The molecule has 0 aliphatic carbocycles. The van der Waals surface area contributed by atoms with Crippen LogP contribution in [0.4, 0.5) is 51.2 Å². The van der Waals surface area contributed by atoms with E-state index in [1.807, 2.05) is 12.1 Å². The van der Waals surface area contributed by atoms with Crippen LogP contribution in [-0.4, -0.2) is 0 Å². The van der Waals surface area contributed by atoms with E-state index in [1.165, 1.54) is 32.3 Å². The summed E-state index contributed by atoms with van der Waals surface area (Å²) in [6.45, 7) is 0. The van der Waals surface area contributed by atoms with E-state index in [9.17, 15) is 0 Å². The van der Waals surface area contributed by atoms with Gasteiger partial charge in [0, 0.05) is 61.7 Å². The molecule has 0 amide bonds. The Morgan fingerprint density at radius 1 is 0.219 bits per heavy atom. The van der Waals surface area contributed by atoms with Gasteiger partial charge in [-0.1, -0.05) is 140 Å². The first-order valence-corrected chi connectivity index (χ1v) is 21.8. The summed E-state index contributed by atoms with van der Waals surface area (Å²) < 4.78 is 6.27. The molecule has 0 aliphatic rings. The molecule has 0 unspecified atom stereocenters. The van der Waals surface area contributed by atoms with Crippen molar-refractivity contribution in [3.8, 4) is 0 Å². The molecule has 0 fully saturated rings. The summed E-state index contributed by atoms with van der Waals surface area (Å²) in [6, 6.07) is 89.0. The average molecular weight is 820 g/mol. The minimum absolute atomic E-state index is 0.878. The number of benzene rings is 11. The van der Waals surface area contributed by atoms with Crippen LogP contribution in [0.1, 0.15) is 0 Å². The van der Waals surface area contributed by atoms with Gasteiger partial charge in [0.2, 0.25) is 0 Å². The average Bonchev–Trinajstić information content (AvgIpc) is 3.74. The van der Waals surface area contributed by atoms with Crippen molar-refractivity contribution in [2.24, 2.45) is 0 Å². The second-order valence-corrected chi connectivity index (χ2v) is 16.2. The zero-order valence-corrected chi connectivity index (χ0v) is 34.9. The summed E-state index contributed by atoms with van der Waals surface area (Å²) >= 11 is 0. The lowest BCUT2D eigenvalue weighted by atomic mass is 9.94. The summed E-state index contributed by atoms with van der Waals surface area (Å²) in [5.41, 5.74) is 11.5. The molecule has 0 N–H and O–H groups in total. The first-order chi connectivity index (χ1) is 31.7.